The minimum absolute atomic E-state index is 0.0379. The molecule has 1 N–H and O–H groups in total. The van der Waals surface area contributed by atoms with Gasteiger partial charge in [-0.1, -0.05) is 83.7 Å². The van der Waals surface area contributed by atoms with E-state index < -0.39 is 11.9 Å². The van der Waals surface area contributed by atoms with Gasteiger partial charge in [0.05, 0.1) is 0 Å². The Hall–Kier alpha value is -3.19. The van der Waals surface area contributed by atoms with Crippen LogP contribution in [0.3, 0.4) is 0 Å². The van der Waals surface area contributed by atoms with Crippen LogP contribution in [-0.4, -0.2) is 35.4 Å². The fourth-order valence-electron chi connectivity index (χ4n) is 4.84. The fourth-order valence-corrected chi connectivity index (χ4v) is 5.09. The summed E-state index contributed by atoms with van der Waals surface area (Å²) in [5, 5.41) is 3.19. The Morgan fingerprint density at radius 2 is 1.74 bits per heavy atom. The number of ether oxygens (including phenoxy) is 1. The highest BCUT2D eigenvalue weighted by molar-refractivity contribution is 9.10. The largest absolute Gasteiger partial charge is 0.484 e. The number of amides is 2. The summed E-state index contributed by atoms with van der Waals surface area (Å²) in [6.45, 7) is 1.64. The highest BCUT2D eigenvalue weighted by atomic mass is 79.9. The van der Waals surface area contributed by atoms with Gasteiger partial charge in [-0.05, 0) is 55.2 Å². The Labute approximate surface area is 232 Å². The van der Waals surface area contributed by atoms with E-state index in [4.69, 9.17) is 4.74 Å². The van der Waals surface area contributed by atoms with Crippen molar-refractivity contribution in [2.24, 2.45) is 0 Å². The SMILES string of the molecule is Cc1cc(OCC(=O)N(Cc2ccccc2F)[C@H](Cc2ccccc2)C(=O)NC2CCCCC2)ccc1Br. The maximum absolute atomic E-state index is 14.7. The van der Waals surface area contributed by atoms with Crippen molar-refractivity contribution in [3.63, 3.8) is 0 Å². The molecule has 0 heterocycles. The van der Waals surface area contributed by atoms with Crippen molar-refractivity contribution >= 4 is 27.7 Å². The first kappa shape index (κ1) is 27.8. The lowest BCUT2D eigenvalue weighted by molar-refractivity contribution is -0.143. The van der Waals surface area contributed by atoms with Crippen molar-refractivity contribution in [2.45, 2.75) is 64.1 Å². The van der Waals surface area contributed by atoms with Crippen molar-refractivity contribution < 1.29 is 18.7 Å². The standard InChI is InChI=1S/C31H34BrFN2O3/c1-22-18-26(16-17-27(22)32)38-21-30(36)35(20-24-12-8-9-15-28(24)33)29(19-23-10-4-2-5-11-23)31(37)34-25-13-6-3-7-14-25/h2,4-5,8-12,15-18,25,29H,3,6-7,13-14,19-21H2,1H3,(H,34,37)/t29-/m1/s1. The summed E-state index contributed by atoms with van der Waals surface area (Å²) in [6, 6.07) is 20.7. The molecule has 38 heavy (non-hydrogen) atoms. The van der Waals surface area contributed by atoms with Gasteiger partial charge < -0.3 is 15.0 Å². The first-order valence-electron chi connectivity index (χ1n) is 13.2. The smallest absolute Gasteiger partial charge is 0.261 e. The van der Waals surface area contributed by atoms with E-state index in [1.807, 2.05) is 49.4 Å². The molecular formula is C31H34BrFN2O3. The highest BCUT2D eigenvalue weighted by Crippen LogP contribution is 2.23. The lowest BCUT2D eigenvalue weighted by Gasteiger charge is -2.33. The minimum atomic E-state index is -0.818. The van der Waals surface area contributed by atoms with Crippen LogP contribution in [0.4, 0.5) is 4.39 Å². The molecule has 3 aromatic carbocycles. The molecule has 0 saturated heterocycles. The number of hydrogen-bond acceptors (Lipinski definition) is 3. The van der Waals surface area contributed by atoms with Crippen LogP contribution in [0.25, 0.3) is 0 Å². The topological polar surface area (TPSA) is 58.6 Å². The number of hydrogen-bond donors (Lipinski definition) is 1. The molecule has 3 aromatic rings. The Balaban J connectivity index is 1.62. The molecule has 0 spiro atoms. The molecule has 0 unspecified atom stereocenters. The predicted octanol–water partition coefficient (Wildman–Crippen LogP) is 6.36. The van der Waals surface area contributed by atoms with Crippen molar-refractivity contribution in [2.75, 3.05) is 6.61 Å². The molecule has 2 amide bonds. The second-order valence-corrected chi connectivity index (χ2v) is 10.7. The van der Waals surface area contributed by atoms with Crippen LogP contribution in [0.2, 0.25) is 0 Å². The normalized spacial score (nSPS) is 14.5. The molecule has 0 aromatic heterocycles. The number of halogens is 2. The number of nitrogens with zero attached hydrogens (tertiary/aromatic N) is 1. The molecule has 7 heteroatoms. The van der Waals surface area contributed by atoms with E-state index >= 15 is 0 Å². The van der Waals surface area contributed by atoms with Crippen LogP contribution < -0.4 is 10.1 Å². The molecule has 0 bridgehead atoms. The molecule has 1 aliphatic carbocycles. The lowest BCUT2D eigenvalue weighted by Crippen LogP contribution is -2.53. The van der Waals surface area contributed by atoms with Crippen LogP contribution >= 0.6 is 15.9 Å². The summed E-state index contributed by atoms with van der Waals surface area (Å²) in [5.41, 5.74) is 2.25. The zero-order valence-corrected chi connectivity index (χ0v) is 23.3. The molecule has 0 radical (unpaired) electrons. The number of carbonyl (C=O) groups excluding carboxylic acids is 2. The third-order valence-corrected chi connectivity index (χ3v) is 7.90. The Morgan fingerprint density at radius 1 is 1.03 bits per heavy atom. The number of nitrogens with one attached hydrogen (secondary N) is 1. The molecule has 1 fully saturated rings. The molecule has 1 aliphatic rings. The maximum atomic E-state index is 14.7. The molecule has 1 saturated carbocycles. The second kappa shape index (κ2) is 13.6. The average Bonchev–Trinajstić information content (AvgIpc) is 2.93. The monoisotopic (exact) mass is 580 g/mol. The predicted molar refractivity (Wildman–Crippen MR) is 150 cm³/mol. The number of carbonyl (C=O) groups is 2. The van der Waals surface area contributed by atoms with Crippen LogP contribution in [-0.2, 0) is 22.6 Å². The van der Waals surface area contributed by atoms with Crippen LogP contribution in [0.5, 0.6) is 5.75 Å². The summed E-state index contributed by atoms with van der Waals surface area (Å²) in [4.78, 5) is 28.9. The number of rotatable bonds is 10. The molecule has 4 rings (SSSR count). The highest BCUT2D eigenvalue weighted by Gasteiger charge is 2.32. The Morgan fingerprint density at radius 3 is 2.45 bits per heavy atom. The molecule has 1 atom stereocenters. The Bertz CT molecular complexity index is 1230. The Kier molecular flexibility index (Phi) is 9.93. The van der Waals surface area contributed by atoms with Gasteiger partial charge in [0.15, 0.2) is 6.61 Å². The molecule has 0 aliphatic heterocycles. The molecule has 200 valence electrons. The van der Waals surface area contributed by atoms with Gasteiger partial charge in [0.1, 0.15) is 17.6 Å². The number of aryl methyl sites for hydroxylation is 1. The minimum Gasteiger partial charge on any atom is -0.484 e. The summed E-state index contributed by atoms with van der Waals surface area (Å²) in [5.74, 6) is -0.462. The van der Waals surface area contributed by atoms with Gasteiger partial charge in [-0.2, -0.15) is 0 Å². The van der Waals surface area contributed by atoms with Crippen LogP contribution in [0.15, 0.2) is 77.3 Å². The van der Waals surface area contributed by atoms with Gasteiger partial charge in [-0.15, -0.1) is 0 Å². The first-order chi connectivity index (χ1) is 18.4. The van der Waals surface area contributed by atoms with Crippen LogP contribution in [0, 0.1) is 12.7 Å². The van der Waals surface area contributed by atoms with Gasteiger partial charge in [-0.25, -0.2) is 4.39 Å². The van der Waals surface area contributed by atoms with Gasteiger partial charge in [0, 0.05) is 29.0 Å². The van der Waals surface area contributed by atoms with E-state index in [0.717, 1.165) is 41.3 Å². The van der Waals surface area contributed by atoms with E-state index in [1.165, 1.54) is 17.4 Å². The van der Waals surface area contributed by atoms with Crippen LogP contribution in [0.1, 0.15) is 48.8 Å². The summed E-state index contributed by atoms with van der Waals surface area (Å²) in [6.07, 6.45) is 5.50. The van der Waals surface area contributed by atoms with Crippen molar-refractivity contribution in [3.8, 4) is 5.75 Å². The second-order valence-electron chi connectivity index (χ2n) is 9.86. The van der Waals surface area contributed by atoms with Gasteiger partial charge >= 0.3 is 0 Å². The van der Waals surface area contributed by atoms with E-state index in [0.29, 0.717) is 17.7 Å². The van der Waals surface area contributed by atoms with E-state index in [1.54, 1.807) is 24.3 Å². The third kappa shape index (κ3) is 7.67. The van der Waals surface area contributed by atoms with Gasteiger partial charge in [0.2, 0.25) is 5.91 Å². The van der Waals surface area contributed by atoms with Gasteiger partial charge in [0.25, 0.3) is 5.91 Å². The van der Waals surface area contributed by atoms with E-state index in [-0.39, 0.29) is 31.0 Å². The summed E-state index contributed by atoms with van der Waals surface area (Å²) in [7, 11) is 0. The first-order valence-corrected chi connectivity index (χ1v) is 14.0. The third-order valence-electron chi connectivity index (χ3n) is 7.01. The zero-order chi connectivity index (χ0) is 26.9. The maximum Gasteiger partial charge on any atom is 0.261 e. The fraction of sp³-hybridized carbons (Fsp3) is 0.355. The van der Waals surface area contributed by atoms with Gasteiger partial charge in [-0.3, -0.25) is 9.59 Å². The number of benzene rings is 3. The molecular weight excluding hydrogens is 547 g/mol. The lowest BCUT2D eigenvalue weighted by atomic mass is 9.94. The van der Waals surface area contributed by atoms with Crippen molar-refractivity contribution in [1.29, 1.82) is 0 Å². The average molecular weight is 582 g/mol. The van der Waals surface area contributed by atoms with E-state index in [2.05, 4.69) is 21.2 Å². The summed E-state index contributed by atoms with van der Waals surface area (Å²) < 4.78 is 21.5. The van der Waals surface area contributed by atoms with Crippen molar-refractivity contribution in [3.05, 3.63) is 99.8 Å². The van der Waals surface area contributed by atoms with Crippen molar-refractivity contribution in [1.82, 2.24) is 10.2 Å². The zero-order valence-electron chi connectivity index (χ0n) is 21.7. The van der Waals surface area contributed by atoms with E-state index in [9.17, 15) is 14.0 Å². The summed E-state index contributed by atoms with van der Waals surface area (Å²) >= 11 is 3.47. The molecule has 5 nitrogen and oxygen atoms in total. The quantitative estimate of drug-likeness (QED) is 0.303.